The van der Waals surface area contributed by atoms with E-state index in [0.29, 0.717) is 19.6 Å². The first-order valence-electron chi connectivity index (χ1n) is 5.44. The number of ether oxygens (including phenoxy) is 1. The summed E-state index contributed by atoms with van der Waals surface area (Å²) in [6, 6.07) is 0. The van der Waals surface area contributed by atoms with E-state index < -0.39 is 5.60 Å². The summed E-state index contributed by atoms with van der Waals surface area (Å²) in [7, 11) is 1.59. The number of methoxy groups -OCH3 is 1. The maximum Gasteiger partial charge on any atom is 0.224 e. The van der Waals surface area contributed by atoms with Crippen LogP contribution in [0, 0.1) is 5.92 Å². The van der Waals surface area contributed by atoms with E-state index in [9.17, 15) is 9.90 Å². The number of hydrogen-bond donors (Lipinski definition) is 1. The fourth-order valence-corrected chi connectivity index (χ4v) is 1.91. The molecule has 1 atom stereocenters. The molecule has 0 aromatic heterocycles. The molecule has 1 unspecified atom stereocenters. The topological polar surface area (TPSA) is 49.8 Å². The second kappa shape index (κ2) is 4.94. The fraction of sp³-hybridized carbons (Fsp3) is 0.909. The molecule has 4 heteroatoms. The summed E-state index contributed by atoms with van der Waals surface area (Å²) in [5.41, 5.74) is -0.684. The molecule has 15 heavy (non-hydrogen) atoms. The van der Waals surface area contributed by atoms with Crippen LogP contribution in [-0.2, 0) is 9.53 Å². The lowest BCUT2D eigenvalue weighted by atomic mass is 9.90. The molecule has 0 spiro atoms. The molecule has 1 N–H and O–H groups in total. The molecule has 1 fully saturated rings. The number of nitrogens with zero attached hydrogens (tertiary/aromatic N) is 1. The molecule has 1 rings (SSSR count). The van der Waals surface area contributed by atoms with Gasteiger partial charge in [0.15, 0.2) is 0 Å². The van der Waals surface area contributed by atoms with Crippen LogP contribution in [0.15, 0.2) is 0 Å². The van der Waals surface area contributed by atoms with Gasteiger partial charge in [0.1, 0.15) is 0 Å². The van der Waals surface area contributed by atoms with E-state index in [4.69, 9.17) is 4.74 Å². The summed E-state index contributed by atoms with van der Waals surface area (Å²) in [4.78, 5) is 13.5. The highest BCUT2D eigenvalue weighted by atomic mass is 16.5. The van der Waals surface area contributed by atoms with Crippen molar-refractivity contribution in [3.05, 3.63) is 0 Å². The highest BCUT2D eigenvalue weighted by Crippen LogP contribution is 2.27. The van der Waals surface area contributed by atoms with E-state index in [-0.39, 0.29) is 11.8 Å². The molecule has 0 bridgehead atoms. The lowest BCUT2D eigenvalue weighted by Gasteiger charge is -2.25. The Morgan fingerprint density at radius 3 is 2.73 bits per heavy atom. The van der Waals surface area contributed by atoms with E-state index in [1.165, 1.54) is 0 Å². The van der Waals surface area contributed by atoms with Crippen molar-refractivity contribution in [2.75, 3.05) is 26.8 Å². The second-order valence-electron chi connectivity index (χ2n) is 4.72. The van der Waals surface area contributed by atoms with Crippen molar-refractivity contribution in [2.45, 2.75) is 32.3 Å². The van der Waals surface area contributed by atoms with E-state index >= 15 is 0 Å². The molecule has 1 aliphatic rings. The monoisotopic (exact) mass is 215 g/mol. The van der Waals surface area contributed by atoms with Gasteiger partial charge in [-0.3, -0.25) is 4.79 Å². The fourth-order valence-electron chi connectivity index (χ4n) is 1.91. The normalized spacial score (nSPS) is 22.1. The van der Waals surface area contributed by atoms with Gasteiger partial charge in [-0.2, -0.15) is 0 Å². The predicted octanol–water partition coefficient (Wildman–Crippen LogP) is 0.642. The van der Waals surface area contributed by atoms with Gasteiger partial charge in [-0.1, -0.05) is 0 Å². The molecule has 0 saturated carbocycles. The number of carbonyl (C=O) groups excluding carboxylic acids is 1. The first kappa shape index (κ1) is 12.5. The molecular weight excluding hydrogens is 194 g/mol. The van der Waals surface area contributed by atoms with Gasteiger partial charge in [-0.15, -0.1) is 0 Å². The Bertz CT molecular complexity index is 222. The van der Waals surface area contributed by atoms with Crippen molar-refractivity contribution >= 4 is 5.91 Å². The van der Waals surface area contributed by atoms with Crippen LogP contribution >= 0.6 is 0 Å². The maximum absolute atomic E-state index is 11.6. The third kappa shape index (κ3) is 3.47. The van der Waals surface area contributed by atoms with Gasteiger partial charge < -0.3 is 14.7 Å². The standard InChI is InChI=1S/C11H21NO3/c1-11(2,14)9-4-6-12(8-9)10(13)5-7-15-3/h9,14H,4-8H2,1-3H3. The van der Waals surface area contributed by atoms with E-state index in [0.717, 1.165) is 13.0 Å². The Hall–Kier alpha value is -0.610. The Balaban J connectivity index is 2.39. The molecular formula is C11H21NO3. The van der Waals surface area contributed by atoms with Gasteiger partial charge in [0.2, 0.25) is 5.91 Å². The van der Waals surface area contributed by atoms with E-state index in [2.05, 4.69) is 0 Å². The Labute approximate surface area is 91.2 Å². The number of carbonyl (C=O) groups is 1. The van der Waals surface area contributed by atoms with Crippen molar-refractivity contribution in [1.29, 1.82) is 0 Å². The second-order valence-corrected chi connectivity index (χ2v) is 4.72. The predicted molar refractivity (Wildman–Crippen MR) is 57.5 cm³/mol. The number of aliphatic hydroxyl groups is 1. The summed E-state index contributed by atoms with van der Waals surface area (Å²) in [6.07, 6.45) is 1.33. The molecule has 0 aliphatic carbocycles. The average Bonchev–Trinajstić information content (AvgIpc) is 2.62. The summed E-state index contributed by atoms with van der Waals surface area (Å²) < 4.78 is 4.87. The number of hydrogen-bond acceptors (Lipinski definition) is 3. The maximum atomic E-state index is 11.6. The van der Waals surface area contributed by atoms with Crippen LogP contribution in [0.25, 0.3) is 0 Å². The van der Waals surface area contributed by atoms with Crippen LogP contribution in [-0.4, -0.2) is 48.3 Å². The first-order valence-corrected chi connectivity index (χ1v) is 5.44. The smallest absolute Gasteiger partial charge is 0.224 e. The minimum atomic E-state index is -0.684. The highest BCUT2D eigenvalue weighted by molar-refractivity contribution is 5.76. The minimum absolute atomic E-state index is 0.128. The van der Waals surface area contributed by atoms with Crippen molar-refractivity contribution in [2.24, 2.45) is 5.92 Å². The lowest BCUT2D eigenvalue weighted by Crippen LogP contribution is -2.35. The quantitative estimate of drug-likeness (QED) is 0.749. The van der Waals surface area contributed by atoms with Crippen LogP contribution < -0.4 is 0 Å². The summed E-state index contributed by atoms with van der Waals surface area (Å²) in [5.74, 6) is 0.326. The zero-order chi connectivity index (χ0) is 11.5. The molecule has 0 radical (unpaired) electrons. The van der Waals surface area contributed by atoms with Crippen molar-refractivity contribution in [3.63, 3.8) is 0 Å². The van der Waals surface area contributed by atoms with Gasteiger partial charge in [-0.05, 0) is 20.3 Å². The van der Waals surface area contributed by atoms with Crippen LogP contribution in [0.4, 0.5) is 0 Å². The molecule has 1 saturated heterocycles. The Morgan fingerprint density at radius 1 is 1.60 bits per heavy atom. The van der Waals surface area contributed by atoms with Crippen molar-refractivity contribution < 1.29 is 14.6 Å². The molecule has 0 aromatic carbocycles. The largest absolute Gasteiger partial charge is 0.390 e. The van der Waals surface area contributed by atoms with Crippen LogP contribution in [0.2, 0.25) is 0 Å². The van der Waals surface area contributed by atoms with Gasteiger partial charge in [0.05, 0.1) is 18.6 Å². The van der Waals surface area contributed by atoms with Crippen LogP contribution in [0.5, 0.6) is 0 Å². The zero-order valence-electron chi connectivity index (χ0n) is 9.82. The van der Waals surface area contributed by atoms with Crippen molar-refractivity contribution in [3.8, 4) is 0 Å². The molecule has 1 aliphatic heterocycles. The Kier molecular flexibility index (Phi) is 4.11. The number of rotatable bonds is 4. The number of amides is 1. The molecule has 1 amide bonds. The summed E-state index contributed by atoms with van der Waals surface area (Å²) >= 11 is 0. The van der Waals surface area contributed by atoms with Gasteiger partial charge in [0, 0.05) is 26.1 Å². The SMILES string of the molecule is COCCC(=O)N1CCC(C(C)(C)O)C1. The molecule has 4 nitrogen and oxygen atoms in total. The van der Waals surface area contributed by atoms with Gasteiger partial charge in [-0.25, -0.2) is 0 Å². The summed E-state index contributed by atoms with van der Waals surface area (Å²) in [6.45, 7) is 5.52. The molecule has 88 valence electrons. The van der Waals surface area contributed by atoms with Gasteiger partial charge in [0.25, 0.3) is 0 Å². The minimum Gasteiger partial charge on any atom is -0.390 e. The molecule has 1 heterocycles. The van der Waals surface area contributed by atoms with Gasteiger partial charge >= 0.3 is 0 Å². The Morgan fingerprint density at radius 2 is 2.27 bits per heavy atom. The van der Waals surface area contributed by atoms with Crippen LogP contribution in [0.3, 0.4) is 0 Å². The lowest BCUT2D eigenvalue weighted by molar-refractivity contribution is -0.131. The third-order valence-corrected chi connectivity index (χ3v) is 3.06. The van der Waals surface area contributed by atoms with E-state index in [1.54, 1.807) is 21.0 Å². The zero-order valence-corrected chi connectivity index (χ0v) is 9.82. The van der Waals surface area contributed by atoms with E-state index in [1.807, 2.05) is 4.90 Å². The van der Waals surface area contributed by atoms with Crippen molar-refractivity contribution in [1.82, 2.24) is 4.90 Å². The third-order valence-electron chi connectivity index (χ3n) is 3.06. The van der Waals surface area contributed by atoms with Crippen LogP contribution in [0.1, 0.15) is 26.7 Å². The molecule has 0 aromatic rings. The first-order chi connectivity index (χ1) is 6.95. The average molecular weight is 215 g/mol. The summed E-state index contributed by atoms with van der Waals surface area (Å²) in [5, 5.41) is 9.83. The highest BCUT2D eigenvalue weighted by Gasteiger charge is 2.34. The number of likely N-dealkylation sites (tertiary alicyclic amines) is 1.